The Kier molecular flexibility index (Phi) is 7.88. The summed E-state index contributed by atoms with van der Waals surface area (Å²) in [6.45, 7) is 3.24. The van der Waals surface area contributed by atoms with Crippen LogP contribution in [0.4, 0.5) is 8.78 Å². The van der Waals surface area contributed by atoms with Crippen molar-refractivity contribution in [1.29, 1.82) is 0 Å². The molecule has 1 spiro atoms. The summed E-state index contributed by atoms with van der Waals surface area (Å²) in [5, 5.41) is 12.0. The standard InChI is InChI=1S/C19H28ClF2N4O3S2/c1-12-8-18(3-5-25(12)9-13(23)10-26(24)4-2-6-30-28)16-14(7-15(20)31-16)19(27,11-29-18)17(21)22/h7,10,12,17,27H,2-6,8-9,11,23-24H2,1H3/q+1/b13-10-/t12-,18+,19+/m0/s1. The number of nitrogens with two attached hydrogens (primary N) is 2. The van der Waals surface area contributed by atoms with Crippen molar-refractivity contribution in [3.05, 3.63) is 32.7 Å². The molecule has 3 rings (SSSR count). The Morgan fingerprint density at radius 3 is 3.00 bits per heavy atom. The number of hydrogen-bond acceptors (Lipinski definition) is 8. The fourth-order valence-electron chi connectivity index (χ4n) is 4.28. The van der Waals surface area contributed by atoms with E-state index < -0.39 is 24.2 Å². The summed E-state index contributed by atoms with van der Waals surface area (Å²) in [4.78, 5) is 2.77. The fraction of sp³-hybridized carbons (Fsp3) is 0.684. The van der Waals surface area contributed by atoms with E-state index in [1.165, 1.54) is 22.4 Å². The molecule has 7 nitrogen and oxygen atoms in total. The Morgan fingerprint density at radius 1 is 1.61 bits per heavy atom. The minimum atomic E-state index is -2.97. The van der Waals surface area contributed by atoms with Gasteiger partial charge in [0.25, 0.3) is 6.43 Å². The molecular formula is C19H28ClF2N4O3S2+. The first kappa shape index (κ1) is 24.7. The molecule has 1 aromatic rings. The van der Waals surface area contributed by atoms with Crippen LogP contribution in [0.3, 0.4) is 0 Å². The molecule has 1 aromatic heterocycles. The third-order valence-electron chi connectivity index (χ3n) is 5.92. The van der Waals surface area contributed by atoms with Crippen LogP contribution in [0.25, 0.3) is 0 Å². The normalized spacial score (nSPS) is 29.4. The number of piperidine rings is 1. The van der Waals surface area contributed by atoms with Gasteiger partial charge in [0.05, 0.1) is 10.9 Å². The topological polar surface area (TPSA) is 105 Å². The second-order valence-corrected chi connectivity index (χ2v) is 10.5. The Morgan fingerprint density at radius 2 is 2.35 bits per heavy atom. The van der Waals surface area contributed by atoms with Crippen molar-refractivity contribution in [2.45, 2.75) is 49.9 Å². The van der Waals surface area contributed by atoms with Gasteiger partial charge in [-0.05, 0) is 25.8 Å². The summed E-state index contributed by atoms with van der Waals surface area (Å²) in [5.74, 6) is 6.39. The highest BCUT2D eigenvalue weighted by atomic mass is 35.5. The number of likely N-dealkylation sites (tertiary alicyclic amines) is 1. The average Bonchev–Trinajstić information content (AvgIpc) is 3.11. The summed E-state index contributed by atoms with van der Waals surface area (Å²) < 4.78 is 44.0. The van der Waals surface area contributed by atoms with Crippen molar-refractivity contribution in [2.24, 2.45) is 11.6 Å². The van der Waals surface area contributed by atoms with Gasteiger partial charge in [-0.25, -0.2) is 14.6 Å². The molecular weight excluding hydrogens is 470 g/mol. The average molecular weight is 498 g/mol. The molecule has 2 aliphatic rings. The van der Waals surface area contributed by atoms with Gasteiger partial charge in [-0.1, -0.05) is 11.6 Å². The van der Waals surface area contributed by atoms with Crippen molar-refractivity contribution < 1.29 is 22.8 Å². The molecule has 0 aromatic carbocycles. The summed E-state index contributed by atoms with van der Waals surface area (Å²) in [7, 11) is 0. The number of aliphatic hydroxyl groups is 1. The van der Waals surface area contributed by atoms with E-state index in [1.807, 2.05) is 6.92 Å². The number of hydrogen-bond donors (Lipinski definition) is 3. The van der Waals surface area contributed by atoms with Crippen molar-refractivity contribution in [3.63, 3.8) is 0 Å². The van der Waals surface area contributed by atoms with Crippen LogP contribution in [0.1, 0.15) is 36.6 Å². The van der Waals surface area contributed by atoms with Crippen LogP contribution >= 0.6 is 22.9 Å². The zero-order valence-electron chi connectivity index (χ0n) is 17.2. The first-order valence-corrected chi connectivity index (χ1v) is 12.1. The Hall–Kier alpha value is -0.950. The Labute approximate surface area is 193 Å². The summed E-state index contributed by atoms with van der Waals surface area (Å²) >= 11 is 7.88. The maximum absolute atomic E-state index is 13.6. The highest BCUT2D eigenvalue weighted by Gasteiger charge is 2.54. The molecule has 12 heteroatoms. The predicted octanol–water partition coefficient (Wildman–Crippen LogP) is 2.36. The molecule has 0 radical (unpaired) electrons. The van der Waals surface area contributed by atoms with Crippen LogP contribution in [0.5, 0.6) is 0 Å². The van der Waals surface area contributed by atoms with Crippen LogP contribution in [0, 0.1) is 0 Å². The van der Waals surface area contributed by atoms with Crippen LogP contribution < -0.4 is 11.6 Å². The van der Waals surface area contributed by atoms with Gasteiger partial charge in [0.1, 0.15) is 5.60 Å². The van der Waals surface area contributed by atoms with Gasteiger partial charge in [-0.15, -0.1) is 11.3 Å². The van der Waals surface area contributed by atoms with E-state index in [0.29, 0.717) is 71.2 Å². The number of nitrogens with zero attached hydrogens (tertiary/aromatic N) is 2. The lowest BCUT2D eigenvalue weighted by molar-refractivity contribution is -0.209. The lowest BCUT2D eigenvalue weighted by atomic mass is 9.78. The van der Waals surface area contributed by atoms with Crippen LogP contribution in [-0.4, -0.2) is 59.5 Å². The van der Waals surface area contributed by atoms with Gasteiger partial charge in [-0.2, -0.15) is 0 Å². The summed E-state index contributed by atoms with van der Waals surface area (Å²) in [6, 6.07) is 1.49. The van der Waals surface area contributed by atoms with Crippen LogP contribution in [-0.2, 0) is 31.8 Å². The van der Waals surface area contributed by atoms with Crippen molar-refractivity contribution >= 4 is 34.6 Å². The molecule has 3 atom stereocenters. The second kappa shape index (κ2) is 9.90. The molecule has 2 aliphatic heterocycles. The monoisotopic (exact) mass is 497 g/mol. The Bertz CT molecular complexity index is 830. The maximum Gasteiger partial charge on any atom is 0.458 e. The van der Waals surface area contributed by atoms with Crippen LogP contribution in [0.15, 0.2) is 18.0 Å². The van der Waals surface area contributed by atoms with Gasteiger partial charge in [-0.3, -0.25) is 4.90 Å². The van der Waals surface area contributed by atoms with E-state index in [4.69, 9.17) is 27.9 Å². The summed E-state index contributed by atoms with van der Waals surface area (Å²) in [6.07, 6.45) is 0.509. The van der Waals surface area contributed by atoms with Gasteiger partial charge in [0, 0.05) is 58.6 Å². The molecule has 1 fully saturated rings. The van der Waals surface area contributed by atoms with Crippen molar-refractivity contribution in [1.82, 2.24) is 9.91 Å². The minimum Gasteiger partial charge on any atom is -0.400 e. The zero-order valence-corrected chi connectivity index (χ0v) is 19.6. The fourth-order valence-corrected chi connectivity index (χ4v) is 6.01. The largest absolute Gasteiger partial charge is 0.458 e. The number of ether oxygens (including phenoxy) is 1. The number of rotatable bonds is 8. The van der Waals surface area contributed by atoms with Gasteiger partial charge in [0.2, 0.25) is 5.75 Å². The molecule has 0 saturated carbocycles. The third-order valence-corrected chi connectivity index (χ3v) is 7.83. The van der Waals surface area contributed by atoms with E-state index in [2.05, 4.69) is 4.90 Å². The third kappa shape index (κ3) is 5.18. The SMILES string of the molecule is C[C@H]1C[C@@]2(CCN1C/C(N)=C/N(N)CCC[S+]=O)OC[C@](O)(C(F)F)c1cc(Cl)sc12. The van der Waals surface area contributed by atoms with E-state index >= 15 is 0 Å². The van der Waals surface area contributed by atoms with E-state index in [9.17, 15) is 18.1 Å². The highest BCUT2D eigenvalue weighted by molar-refractivity contribution is 7.65. The minimum absolute atomic E-state index is 0.0512. The van der Waals surface area contributed by atoms with Crippen molar-refractivity contribution in [2.75, 3.05) is 32.0 Å². The zero-order chi connectivity index (χ0) is 22.8. The highest BCUT2D eigenvalue weighted by Crippen LogP contribution is 2.53. The maximum atomic E-state index is 13.6. The van der Waals surface area contributed by atoms with E-state index in [-0.39, 0.29) is 11.6 Å². The van der Waals surface area contributed by atoms with Gasteiger partial charge >= 0.3 is 11.7 Å². The quantitative estimate of drug-likeness (QED) is 0.219. The number of thiophene rings is 1. The molecule has 0 aliphatic carbocycles. The lowest BCUT2D eigenvalue weighted by Gasteiger charge is -2.49. The number of fused-ring (bicyclic) bond motifs is 2. The van der Waals surface area contributed by atoms with Crippen LogP contribution in [0.2, 0.25) is 4.34 Å². The molecule has 174 valence electrons. The van der Waals surface area contributed by atoms with Crippen molar-refractivity contribution in [3.8, 4) is 0 Å². The molecule has 5 N–H and O–H groups in total. The van der Waals surface area contributed by atoms with E-state index in [1.54, 1.807) is 6.20 Å². The second-order valence-electron chi connectivity index (χ2n) is 8.19. The smallest absolute Gasteiger partial charge is 0.400 e. The molecule has 0 amide bonds. The Balaban J connectivity index is 1.70. The molecule has 0 unspecified atom stereocenters. The molecule has 0 bridgehead atoms. The molecule has 31 heavy (non-hydrogen) atoms. The van der Waals surface area contributed by atoms with Gasteiger partial charge in [0.15, 0.2) is 5.60 Å². The number of halogens is 3. The number of hydrazine groups is 1. The van der Waals surface area contributed by atoms with Gasteiger partial charge < -0.3 is 20.6 Å². The first-order valence-electron chi connectivity index (χ1n) is 10.0. The van der Waals surface area contributed by atoms with E-state index in [0.717, 1.165) is 0 Å². The summed E-state index contributed by atoms with van der Waals surface area (Å²) in [5.41, 5.74) is 3.84. The lowest BCUT2D eigenvalue weighted by Crippen LogP contribution is -2.55. The first-order chi connectivity index (χ1) is 14.6. The molecule has 3 heterocycles. The molecule has 1 saturated heterocycles. The predicted molar refractivity (Wildman–Crippen MR) is 118 cm³/mol. The number of alkyl halides is 2.